The molecule has 1 unspecified atom stereocenters. The Morgan fingerprint density at radius 1 is 0.905 bits per heavy atom. The van der Waals surface area contributed by atoms with E-state index in [1.807, 2.05) is 0 Å². The van der Waals surface area contributed by atoms with Crippen LogP contribution in [0, 0.1) is 0 Å². The van der Waals surface area contributed by atoms with Gasteiger partial charge in [-0.2, -0.15) is 9.35 Å². The summed E-state index contributed by atoms with van der Waals surface area (Å²) in [7, 11) is -6.75. The lowest BCUT2D eigenvalue weighted by Crippen LogP contribution is -2.36. The summed E-state index contributed by atoms with van der Waals surface area (Å²) in [4.78, 5) is 21.3. The lowest BCUT2D eigenvalue weighted by atomic mass is 10.0. The number of carbonyl (C=O) groups is 1. The van der Waals surface area contributed by atoms with Gasteiger partial charge in [-0.05, 0) is 43.3 Å². The monoisotopic (exact) mass is 600 g/mol. The molecule has 4 aromatic rings. The minimum absolute atomic E-state index is 0.233. The number of hydroxylamine groups is 2. The highest BCUT2D eigenvalue weighted by Crippen LogP contribution is 2.56. The number of benzene rings is 3. The molecule has 1 atom stereocenters. The molecule has 6 rings (SSSR count). The van der Waals surface area contributed by atoms with Gasteiger partial charge >= 0.3 is 6.03 Å². The lowest BCUT2D eigenvalue weighted by molar-refractivity contribution is -0.0172. The van der Waals surface area contributed by atoms with Crippen molar-refractivity contribution < 1.29 is 22.0 Å². The Morgan fingerprint density at radius 2 is 1.45 bits per heavy atom. The van der Waals surface area contributed by atoms with E-state index in [1.54, 1.807) is 6.08 Å². The minimum atomic E-state index is -5.02. The van der Waals surface area contributed by atoms with Crippen LogP contribution in [0.1, 0.15) is 12.6 Å². The number of carbonyl (C=O) groups excluding carboxylic acids is 1. The highest BCUT2D eigenvalue weighted by atomic mass is 32.3. The quantitative estimate of drug-likeness (QED) is 0.180. The van der Waals surface area contributed by atoms with E-state index < -0.39 is 29.7 Å². The zero-order chi connectivity index (χ0) is 29.6. The summed E-state index contributed by atoms with van der Waals surface area (Å²) in [5.74, 6) is 2.41. The van der Waals surface area contributed by atoms with Crippen molar-refractivity contribution >= 4 is 45.2 Å². The van der Waals surface area contributed by atoms with Crippen LogP contribution >= 0.6 is 7.26 Å². The third kappa shape index (κ3) is 6.17. The van der Waals surface area contributed by atoms with Gasteiger partial charge < -0.3 is 9.45 Å². The molecule has 1 fully saturated rings. The van der Waals surface area contributed by atoms with Crippen LogP contribution in [-0.4, -0.2) is 58.1 Å². The van der Waals surface area contributed by atoms with E-state index in [1.165, 1.54) is 39.4 Å². The van der Waals surface area contributed by atoms with Crippen molar-refractivity contribution in [2.45, 2.75) is 13.0 Å². The zero-order valence-corrected chi connectivity index (χ0v) is 24.5. The molecule has 0 aliphatic carbocycles. The second kappa shape index (κ2) is 12.8. The van der Waals surface area contributed by atoms with E-state index in [0.717, 1.165) is 0 Å². The summed E-state index contributed by atoms with van der Waals surface area (Å²) in [6, 6.07) is 31.3. The summed E-state index contributed by atoms with van der Waals surface area (Å²) >= 11 is 0. The second-order valence-corrected chi connectivity index (χ2v) is 13.7. The van der Waals surface area contributed by atoms with Crippen molar-refractivity contribution in [2.75, 3.05) is 13.1 Å². The minimum Gasteiger partial charge on any atom is -0.724 e. The number of nitrogens with zero attached hydrogens (tertiary/aromatic N) is 4. The first-order valence-corrected chi connectivity index (χ1v) is 16.4. The van der Waals surface area contributed by atoms with Gasteiger partial charge in [0.1, 0.15) is 29.2 Å². The van der Waals surface area contributed by atoms with Crippen LogP contribution in [0.5, 0.6) is 0 Å². The van der Waals surface area contributed by atoms with Crippen LogP contribution in [0.25, 0.3) is 5.57 Å². The first-order valence-electron chi connectivity index (χ1n) is 13.2. The molecular formula is C31H29N4O5PS. The molecule has 9 nitrogen and oxygen atoms in total. The topological polar surface area (TPSA) is 116 Å². The molecule has 3 aromatic carbocycles. The van der Waals surface area contributed by atoms with Crippen molar-refractivity contribution in [3.63, 3.8) is 0 Å². The van der Waals surface area contributed by atoms with Gasteiger partial charge in [-0.15, -0.1) is 0 Å². The predicted octanol–water partition coefficient (Wildman–Crippen LogP) is 3.89. The molecular weight excluding hydrogens is 571 g/mol. The molecule has 0 saturated carbocycles. The predicted molar refractivity (Wildman–Crippen MR) is 163 cm³/mol. The molecule has 214 valence electrons. The standard InChI is InChI=1S/C21H20P.C10H10N4O5S/c1-2-18-22(19-12-6-3-7-13-19,20-14-8-4-9-15-20)21-16-10-5-11-17-21;15-10-13-4-1-7(8-5-11-2-3-12-8)9(6-13)14(10)19-20(16,17)18/h2-18H,1H3;1-3,5,9H,4,6H2,(H,16,17,18)/q+1;/p-1. The SMILES string of the molecule is CC=C[P+](c1ccccc1)(c1ccccc1)c1ccccc1.O=C1N2CC=C(c3cnccn3)C(C2)N1OS(=O)(=O)[O-]. The molecule has 11 heteroatoms. The fourth-order valence-corrected chi connectivity index (χ4v) is 9.33. The van der Waals surface area contributed by atoms with Crippen LogP contribution in [0.4, 0.5) is 4.79 Å². The van der Waals surface area contributed by atoms with Crippen LogP contribution in [0.3, 0.4) is 0 Å². The highest BCUT2D eigenvalue weighted by molar-refractivity contribution is 7.98. The summed E-state index contributed by atoms with van der Waals surface area (Å²) in [5.41, 5.74) is 1.10. The van der Waals surface area contributed by atoms with Gasteiger partial charge in [-0.1, -0.05) is 66.7 Å². The Labute approximate surface area is 246 Å². The Morgan fingerprint density at radius 3 is 1.90 bits per heavy atom. The van der Waals surface area contributed by atoms with E-state index in [0.29, 0.717) is 22.9 Å². The van der Waals surface area contributed by atoms with Crippen molar-refractivity contribution in [3.8, 4) is 0 Å². The number of hydrogen-bond acceptors (Lipinski definition) is 7. The van der Waals surface area contributed by atoms with E-state index in [-0.39, 0.29) is 6.54 Å². The number of fused-ring (bicyclic) bond motifs is 2. The van der Waals surface area contributed by atoms with Gasteiger partial charge in [0.25, 0.3) is 0 Å². The zero-order valence-electron chi connectivity index (χ0n) is 22.8. The fraction of sp³-hybridized carbons (Fsp3) is 0.129. The summed E-state index contributed by atoms with van der Waals surface area (Å²) in [6.07, 6.45) is 8.40. The maximum atomic E-state index is 11.9. The van der Waals surface area contributed by atoms with Gasteiger partial charge in [-0.3, -0.25) is 9.97 Å². The van der Waals surface area contributed by atoms with Crippen molar-refractivity contribution in [1.29, 1.82) is 0 Å². The van der Waals surface area contributed by atoms with Crippen molar-refractivity contribution in [1.82, 2.24) is 19.9 Å². The molecule has 2 aliphatic rings. The van der Waals surface area contributed by atoms with Crippen LogP contribution in [0.15, 0.2) is 128 Å². The van der Waals surface area contributed by atoms with Gasteiger partial charge in [0.2, 0.25) is 10.4 Å². The van der Waals surface area contributed by atoms with E-state index in [4.69, 9.17) is 0 Å². The maximum absolute atomic E-state index is 11.9. The lowest BCUT2D eigenvalue weighted by Gasteiger charge is -2.24. The van der Waals surface area contributed by atoms with Crippen LogP contribution in [-0.2, 0) is 14.7 Å². The summed E-state index contributed by atoms with van der Waals surface area (Å²) < 4.78 is 36.4. The molecule has 42 heavy (non-hydrogen) atoms. The fourth-order valence-electron chi connectivity index (χ4n) is 5.18. The Balaban J connectivity index is 0.000000169. The smallest absolute Gasteiger partial charge is 0.346 e. The molecule has 2 amide bonds. The maximum Gasteiger partial charge on any atom is 0.346 e. The van der Waals surface area contributed by atoms with E-state index in [9.17, 15) is 17.8 Å². The Kier molecular flexibility index (Phi) is 8.89. The first-order chi connectivity index (χ1) is 20.3. The molecule has 2 aliphatic heterocycles. The number of rotatable bonds is 7. The highest BCUT2D eigenvalue weighted by Gasteiger charge is 2.45. The Bertz CT molecular complexity index is 1580. The molecule has 2 bridgehead atoms. The Hall–Kier alpha value is -4.21. The van der Waals surface area contributed by atoms with Crippen LogP contribution in [0.2, 0.25) is 0 Å². The largest absolute Gasteiger partial charge is 0.724 e. The van der Waals surface area contributed by atoms with Crippen molar-refractivity contribution in [3.05, 3.63) is 133 Å². The van der Waals surface area contributed by atoms with Gasteiger partial charge in [-0.25, -0.2) is 13.2 Å². The molecule has 1 aromatic heterocycles. The van der Waals surface area contributed by atoms with Gasteiger partial charge in [0.15, 0.2) is 0 Å². The second-order valence-electron chi connectivity index (χ2n) is 9.47. The number of hydrogen-bond donors (Lipinski definition) is 0. The van der Waals surface area contributed by atoms with E-state index >= 15 is 0 Å². The average Bonchev–Trinajstić information content (AvgIpc) is 3.25. The molecule has 1 saturated heterocycles. The number of urea groups is 1. The van der Waals surface area contributed by atoms with Gasteiger partial charge in [0.05, 0.1) is 24.3 Å². The summed E-state index contributed by atoms with van der Waals surface area (Å²) in [6.45, 7) is 2.64. The molecule has 0 radical (unpaired) electrons. The molecule has 0 N–H and O–H groups in total. The van der Waals surface area contributed by atoms with E-state index in [2.05, 4.69) is 124 Å². The van der Waals surface area contributed by atoms with Crippen molar-refractivity contribution in [2.24, 2.45) is 0 Å². The third-order valence-corrected chi connectivity index (χ3v) is 11.3. The summed E-state index contributed by atoms with van der Waals surface area (Å²) in [5, 5.41) is 4.76. The molecule has 3 heterocycles. The molecule has 0 spiro atoms. The first kappa shape index (κ1) is 29.3. The normalized spacial score (nSPS) is 16.7. The van der Waals surface area contributed by atoms with Gasteiger partial charge in [0, 0.05) is 24.5 Å². The number of amides is 2. The average molecular weight is 601 g/mol. The van der Waals surface area contributed by atoms with Crippen LogP contribution < -0.4 is 15.9 Å². The number of allylic oxidation sites excluding steroid dienone is 1. The third-order valence-electron chi connectivity index (χ3n) is 6.92. The number of aromatic nitrogens is 2.